The van der Waals surface area contributed by atoms with Crippen molar-refractivity contribution in [2.24, 2.45) is 11.8 Å². The second-order valence-electron chi connectivity index (χ2n) is 3.07. The topological polar surface area (TPSA) is 43.4 Å². The minimum Gasteiger partial charge on any atom is -0.465 e. The third-order valence-electron chi connectivity index (χ3n) is 2.04. The Hall–Kier alpha value is -0.860. The summed E-state index contributed by atoms with van der Waals surface area (Å²) in [6, 6.07) is 0. The molecule has 0 amide bonds. The quantitative estimate of drug-likeness (QED) is 0.527. The van der Waals surface area contributed by atoms with Crippen molar-refractivity contribution in [3.05, 3.63) is 0 Å². The standard InChI is InChI=1S/C8H12O3/c1-5-3-7(6(2)9)4-11-8(5)10/h5,7H,3-4H2,1-2H3. The van der Waals surface area contributed by atoms with Gasteiger partial charge in [0.15, 0.2) is 0 Å². The molecule has 3 heteroatoms. The summed E-state index contributed by atoms with van der Waals surface area (Å²) < 4.78 is 4.80. The van der Waals surface area contributed by atoms with Crippen LogP contribution in [-0.4, -0.2) is 18.4 Å². The minimum atomic E-state index is -0.178. The SMILES string of the molecule is CC(=O)C1COC(=O)C(C)C1. The number of ether oxygens (including phenoxy) is 1. The van der Waals surface area contributed by atoms with E-state index >= 15 is 0 Å². The van der Waals surface area contributed by atoms with Crippen LogP contribution in [0.3, 0.4) is 0 Å². The number of carbonyl (C=O) groups excluding carboxylic acids is 2. The Morgan fingerprint density at radius 1 is 1.64 bits per heavy atom. The van der Waals surface area contributed by atoms with Crippen molar-refractivity contribution < 1.29 is 14.3 Å². The Kier molecular flexibility index (Phi) is 2.27. The molecule has 0 N–H and O–H groups in total. The number of ketones is 1. The van der Waals surface area contributed by atoms with Crippen molar-refractivity contribution in [3.8, 4) is 0 Å². The Morgan fingerprint density at radius 2 is 2.27 bits per heavy atom. The zero-order chi connectivity index (χ0) is 8.43. The van der Waals surface area contributed by atoms with E-state index < -0.39 is 0 Å². The Balaban J connectivity index is 2.52. The summed E-state index contributed by atoms with van der Waals surface area (Å²) in [6.45, 7) is 3.60. The zero-order valence-electron chi connectivity index (χ0n) is 6.79. The average molecular weight is 156 g/mol. The first kappa shape index (κ1) is 8.24. The lowest BCUT2D eigenvalue weighted by Gasteiger charge is -2.23. The summed E-state index contributed by atoms with van der Waals surface area (Å²) in [5, 5.41) is 0. The van der Waals surface area contributed by atoms with Crippen LogP contribution in [0.4, 0.5) is 0 Å². The highest BCUT2D eigenvalue weighted by Gasteiger charge is 2.29. The number of Topliss-reactive ketones (excluding diaryl/α,β-unsaturated/α-hetero) is 1. The van der Waals surface area contributed by atoms with E-state index in [1.165, 1.54) is 6.92 Å². The van der Waals surface area contributed by atoms with Gasteiger partial charge in [-0.1, -0.05) is 6.92 Å². The summed E-state index contributed by atoms with van der Waals surface area (Å²) in [5.41, 5.74) is 0. The van der Waals surface area contributed by atoms with Crippen molar-refractivity contribution in [3.63, 3.8) is 0 Å². The first-order valence-corrected chi connectivity index (χ1v) is 3.78. The van der Waals surface area contributed by atoms with Crippen LogP contribution < -0.4 is 0 Å². The van der Waals surface area contributed by atoms with Crippen LogP contribution in [0.5, 0.6) is 0 Å². The first-order valence-electron chi connectivity index (χ1n) is 3.78. The fourth-order valence-electron chi connectivity index (χ4n) is 1.20. The van der Waals surface area contributed by atoms with Crippen LogP contribution in [0.15, 0.2) is 0 Å². The molecule has 1 saturated heterocycles. The van der Waals surface area contributed by atoms with Gasteiger partial charge >= 0.3 is 5.97 Å². The molecule has 0 aromatic rings. The third kappa shape index (κ3) is 1.79. The molecule has 0 aromatic heterocycles. The molecular weight excluding hydrogens is 144 g/mol. The highest BCUT2D eigenvalue weighted by Crippen LogP contribution is 2.20. The van der Waals surface area contributed by atoms with E-state index in [0.717, 1.165) is 0 Å². The van der Waals surface area contributed by atoms with Crippen LogP contribution in [0.25, 0.3) is 0 Å². The molecule has 11 heavy (non-hydrogen) atoms. The molecule has 0 aliphatic carbocycles. The van der Waals surface area contributed by atoms with Crippen molar-refractivity contribution in [1.29, 1.82) is 0 Å². The number of hydrogen-bond acceptors (Lipinski definition) is 3. The Bertz CT molecular complexity index is 186. The fourth-order valence-corrected chi connectivity index (χ4v) is 1.20. The summed E-state index contributed by atoms with van der Waals surface area (Å²) in [5.74, 6) is -0.243. The van der Waals surface area contributed by atoms with Gasteiger partial charge in [-0.25, -0.2) is 0 Å². The number of carbonyl (C=O) groups is 2. The Labute approximate surface area is 65.7 Å². The number of rotatable bonds is 1. The molecule has 62 valence electrons. The summed E-state index contributed by atoms with van der Waals surface area (Å²) in [7, 11) is 0. The van der Waals surface area contributed by atoms with E-state index in [9.17, 15) is 9.59 Å². The van der Waals surface area contributed by atoms with Gasteiger partial charge < -0.3 is 4.74 Å². The Morgan fingerprint density at radius 3 is 2.73 bits per heavy atom. The fraction of sp³-hybridized carbons (Fsp3) is 0.750. The zero-order valence-corrected chi connectivity index (χ0v) is 6.79. The van der Waals surface area contributed by atoms with Gasteiger partial charge in [-0.15, -0.1) is 0 Å². The molecule has 3 nitrogen and oxygen atoms in total. The van der Waals surface area contributed by atoms with Gasteiger partial charge in [0.1, 0.15) is 12.4 Å². The molecular formula is C8H12O3. The van der Waals surface area contributed by atoms with Crippen molar-refractivity contribution >= 4 is 11.8 Å². The van der Waals surface area contributed by atoms with Gasteiger partial charge in [-0.3, -0.25) is 9.59 Å². The minimum absolute atomic E-state index is 0.0669. The molecule has 1 aliphatic heterocycles. The monoisotopic (exact) mass is 156 g/mol. The third-order valence-corrected chi connectivity index (χ3v) is 2.04. The van der Waals surface area contributed by atoms with Crippen molar-refractivity contribution in [2.75, 3.05) is 6.61 Å². The molecule has 0 saturated carbocycles. The molecule has 2 unspecified atom stereocenters. The van der Waals surface area contributed by atoms with Crippen molar-refractivity contribution in [2.45, 2.75) is 20.3 Å². The maximum atomic E-state index is 10.9. The predicted molar refractivity (Wildman–Crippen MR) is 38.9 cm³/mol. The number of hydrogen-bond donors (Lipinski definition) is 0. The van der Waals surface area contributed by atoms with E-state index in [2.05, 4.69) is 0 Å². The van der Waals surface area contributed by atoms with Crippen LogP contribution in [0.2, 0.25) is 0 Å². The van der Waals surface area contributed by atoms with Gasteiger partial charge in [-0.05, 0) is 13.3 Å². The van der Waals surface area contributed by atoms with E-state index in [1.807, 2.05) is 0 Å². The first-order chi connectivity index (χ1) is 5.11. The van der Waals surface area contributed by atoms with Crippen LogP contribution >= 0.6 is 0 Å². The molecule has 0 spiro atoms. The lowest BCUT2D eigenvalue weighted by molar-refractivity contribution is -0.156. The van der Waals surface area contributed by atoms with E-state index in [-0.39, 0.29) is 30.2 Å². The summed E-state index contributed by atoms with van der Waals surface area (Å²) >= 11 is 0. The van der Waals surface area contributed by atoms with E-state index in [1.54, 1.807) is 6.92 Å². The molecule has 1 heterocycles. The van der Waals surface area contributed by atoms with Gasteiger partial charge in [0, 0.05) is 0 Å². The van der Waals surface area contributed by atoms with Gasteiger partial charge in [-0.2, -0.15) is 0 Å². The normalized spacial score (nSPS) is 31.3. The molecule has 1 rings (SSSR count). The molecule has 1 aliphatic rings. The largest absolute Gasteiger partial charge is 0.465 e. The maximum Gasteiger partial charge on any atom is 0.308 e. The van der Waals surface area contributed by atoms with Crippen LogP contribution in [0.1, 0.15) is 20.3 Å². The maximum absolute atomic E-state index is 10.9. The van der Waals surface area contributed by atoms with E-state index in [0.29, 0.717) is 6.42 Å². The lowest BCUT2D eigenvalue weighted by Crippen LogP contribution is -2.32. The number of cyclic esters (lactones) is 1. The van der Waals surface area contributed by atoms with Gasteiger partial charge in [0.05, 0.1) is 11.8 Å². The molecule has 0 bridgehead atoms. The highest BCUT2D eigenvalue weighted by molar-refractivity contribution is 5.81. The predicted octanol–water partition coefficient (Wildman–Crippen LogP) is 0.775. The van der Waals surface area contributed by atoms with Crippen LogP contribution in [-0.2, 0) is 14.3 Å². The van der Waals surface area contributed by atoms with Crippen LogP contribution in [0, 0.1) is 11.8 Å². The molecule has 0 aromatic carbocycles. The smallest absolute Gasteiger partial charge is 0.308 e. The second kappa shape index (κ2) is 3.03. The highest BCUT2D eigenvalue weighted by atomic mass is 16.5. The second-order valence-corrected chi connectivity index (χ2v) is 3.07. The van der Waals surface area contributed by atoms with E-state index in [4.69, 9.17) is 4.74 Å². The summed E-state index contributed by atoms with van der Waals surface area (Å²) in [4.78, 5) is 21.7. The number of esters is 1. The summed E-state index contributed by atoms with van der Waals surface area (Å²) in [6.07, 6.45) is 0.647. The molecule has 1 fully saturated rings. The molecule has 2 atom stereocenters. The van der Waals surface area contributed by atoms with Crippen molar-refractivity contribution in [1.82, 2.24) is 0 Å². The molecule has 0 radical (unpaired) electrons. The average Bonchev–Trinajstić information content (AvgIpc) is 1.94. The van der Waals surface area contributed by atoms with Gasteiger partial charge in [0.25, 0.3) is 0 Å². The van der Waals surface area contributed by atoms with Gasteiger partial charge in [0.2, 0.25) is 0 Å². The lowest BCUT2D eigenvalue weighted by atomic mass is 9.91.